The first-order valence-electron chi connectivity index (χ1n) is 14.5. The Bertz CT molecular complexity index is 1500. The molecule has 0 unspecified atom stereocenters. The first-order valence-corrected chi connectivity index (χ1v) is 15.9. The van der Waals surface area contributed by atoms with Crippen LogP contribution in [0.2, 0.25) is 0 Å². The van der Waals surface area contributed by atoms with Crippen molar-refractivity contribution in [3.05, 3.63) is 94.8 Å². The molecule has 3 aromatic rings. The molecule has 1 aliphatic rings. The Balaban J connectivity index is 1.74. The van der Waals surface area contributed by atoms with Crippen molar-refractivity contribution in [2.45, 2.75) is 83.3 Å². The molecular formula is C33H40FN3O4S. The number of anilines is 1. The predicted octanol–water partition coefficient (Wildman–Crippen LogP) is 5.81. The van der Waals surface area contributed by atoms with E-state index in [0.717, 1.165) is 46.7 Å². The quantitative estimate of drug-likeness (QED) is 0.304. The van der Waals surface area contributed by atoms with Crippen molar-refractivity contribution in [2.24, 2.45) is 0 Å². The van der Waals surface area contributed by atoms with Gasteiger partial charge in [-0.15, -0.1) is 0 Å². The van der Waals surface area contributed by atoms with Crippen molar-refractivity contribution in [2.75, 3.05) is 10.8 Å². The molecule has 1 aliphatic carbocycles. The summed E-state index contributed by atoms with van der Waals surface area (Å²) in [6.07, 6.45) is 4.20. The number of carbonyl (C=O) groups is 2. The van der Waals surface area contributed by atoms with E-state index in [2.05, 4.69) is 5.32 Å². The van der Waals surface area contributed by atoms with Gasteiger partial charge in [0.15, 0.2) is 0 Å². The molecule has 1 atom stereocenters. The van der Waals surface area contributed by atoms with Crippen LogP contribution in [-0.4, -0.2) is 43.8 Å². The van der Waals surface area contributed by atoms with Crippen LogP contribution in [0.3, 0.4) is 0 Å². The maximum absolute atomic E-state index is 14.2. The minimum Gasteiger partial charge on any atom is -0.352 e. The summed E-state index contributed by atoms with van der Waals surface area (Å²) in [4.78, 5) is 29.3. The second-order valence-corrected chi connectivity index (χ2v) is 13.0. The Hall–Kier alpha value is -3.72. The lowest BCUT2D eigenvalue weighted by Crippen LogP contribution is -2.53. The molecule has 3 aromatic carbocycles. The van der Waals surface area contributed by atoms with Crippen molar-refractivity contribution >= 4 is 27.5 Å². The van der Waals surface area contributed by atoms with E-state index in [1.54, 1.807) is 36.4 Å². The van der Waals surface area contributed by atoms with Gasteiger partial charge in [0.25, 0.3) is 10.0 Å². The first kappa shape index (κ1) is 31.2. The number of nitrogens with zero attached hydrogens (tertiary/aromatic N) is 2. The number of benzene rings is 3. The lowest BCUT2D eigenvalue weighted by molar-refractivity contribution is -0.140. The number of sulfonamides is 1. The third-order valence-corrected chi connectivity index (χ3v) is 9.86. The predicted molar refractivity (Wildman–Crippen MR) is 163 cm³/mol. The molecule has 0 spiro atoms. The zero-order chi connectivity index (χ0) is 30.4. The molecule has 0 bridgehead atoms. The van der Waals surface area contributed by atoms with E-state index in [4.69, 9.17) is 0 Å². The molecule has 0 radical (unpaired) electrons. The molecule has 1 saturated carbocycles. The fraction of sp³-hybridized carbons (Fsp3) is 0.394. The molecule has 0 heterocycles. The molecule has 1 fully saturated rings. The number of amides is 2. The Morgan fingerprint density at radius 1 is 0.952 bits per heavy atom. The number of rotatable bonds is 11. The fourth-order valence-electron chi connectivity index (χ4n) is 5.43. The molecule has 9 heteroatoms. The van der Waals surface area contributed by atoms with E-state index < -0.39 is 34.3 Å². The topological polar surface area (TPSA) is 86.8 Å². The zero-order valence-corrected chi connectivity index (χ0v) is 25.6. The van der Waals surface area contributed by atoms with E-state index in [9.17, 15) is 22.4 Å². The summed E-state index contributed by atoms with van der Waals surface area (Å²) in [6.45, 7) is 6.94. The van der Waals surface area contributed by atoms with Gasteiger partial charge in [0.2, 0.25) is 11.8 Å². The highest BCUT2D eigenvalue weighted by atomic mass is 32.2. The molecular weight excluding hydrogens is 553 g/mol. The monoisotopic (exact) mass is 593 g/mol. The van der Waals surface area contributed by atoms with Crippen LogP contribution in [0.5, 0.6) is 0 Å². The standard InChI is InChI=1S/C33H40FN3O4S/c1-5-30(33(39)35-28-10-6-7-11-28)36(21-26-15-17-27(34)18-16-26)32(38)22-37(31-12-8-9-24(3)25(31)4)42(40,41)29-19-13-23(2)14-20-29/h8-9,12-20,28,30H,5-7,10-11,21-22H2,1-4H3,(H,35,39)/t30-/m1/s1. The summed E-state index contributed by atoms with van der Waals surface area (Å²) in [5.41, 5.74) is 3.56. The zero-order valence-electron chi connectivity index (χ0n) is 24.8. The summed E-state index contributed by atoms with van der Waals surface area (Å²) in [7, 11) is -4.15. The maximum atomic E-state index is 14.2. The Kier molecular flexibility index (Phi) is 10.0. The van der Waals surface area contributed by atoms with Gasteiger partial charge < -0.3 is 10.2 Å². The van der Waals surface area contributed by atoms with Gasteiger partial charge in [0.1, 0.15) is 18.4 Å². The smallest absolute Gasteiger partial charge is 0.264 e. The molecule has 7 nitrogen and oxygen atoms in total. The summed E-state index contributed by atoms with van der Waals surface area (Å²) >= 11 is 0. The molecule has 1 N–H and O–H groups in total. The van der Waals surface area contributed by atoms with Gasteiger partial charge in [0.05, 0.1) is 10.6 Å². The normalized spacial score (nSPS) is 14.4. The molecule has 0 aliphatic heterocycles. The van der Waals surface area contributed by atoms with Crippen LogP contribution < -0.4 is 9.62 Å². The van der Waals surface area contributed by atoms with Crippen LogP contribution in [0.1, 0.15) is 61.3 Å². The number of hydrogen-bond acceptors (Lipinski definition) is 4. The van der Waals surface area contributed by atoms with Gasteiger partial charge in [0, 0.05) is 12.6 Å². The third-order valence-electron chi connectivity index (χ3n) is 8.09. The number of nitrogens with one attached hydrogen (secondary N) is 1. The minimum atomic E-state index is -4.15. The van der Waals surface area contributed by atoms with Crippen molar-refractivity contribution in [3.63, 3.8) is 0 Å². The van der Waals surface area contributed by atoms with E-state index in [-0.39, 0.29) is 23.4 Å². The average molecular weight is 594 g/mol. The highest BCUT2D eigenvalue weighted by molar-refractivity contribution is 7.92. The van der Waals surface area contributed by atoms with Crippen LogP contribution in [-0.2, 0) is 26.2 Å². The summed E-state index contributed by atoms with van der Waals surface area (Å²) in [5, 5.41) is 3.10. The van der Waals surface area contributed by atoms with Crippen LogP contribution >= 0.6 is 0 Å². The second kappa shape index (κ2) is 13.5. The summed E-state index contributed by atoms with van der Waals surface area (Å²) in [6, 6.07) is 16.8. The van der Waals surface area contributed by atoms with Crippen molar-refractivity contribution in [1.82, 2.24) is 10.2 Å². The molecule has 0 aromatic heterocycles. The maximum Gasteiger partial charge on any atom is 0.264 e. The lowest BCUT2D eigenvalue weighted by atomic mass is 10.1. The van der Waals surface area contributed by atoms with Gasteiger partial charge in [-0.3, -0.25) is 13.9 Å². The van der Waals surface area contributed by atoms with Crippen LogP contribution in [0.4, 0.5) is 10.1 Å². The van der Waals surface area contributed by atoms with Gasteiger partial charge >= 0.3 is 0 Å². The van der Waals surface area contributed by atoms with Gasteiger partial charge in [-0.1, -0.05) is 61.7 Å². The second-order valence-electron chi connectivity index (χ2n) is 11.1. The Morgan fingerprint density at radius 2 is 1.60 bits per heavy atom. The summed E-state index contributed by atoms with van der Waals surface area (Å²) in [5.74, 6) is -1.20. The van der Waals surface area contributed by atoms with Gasteiger partial charge in [-0.05, 0) is 87.1 Å². The van der Waals surface area contributed by atoms with E-state index in [1.165, 1.54) is 29.2 Å². The highest BCUT2D eigenvalue weighted by Crippen LogP contribution is 2.29. The lowest BCUT2D eigenvalue weighted by Gasteiger charge is -2.34. The van der Waals surface area contributed by atoms with Crippen molar-refractivity contribution in [3.8, 4) is 0 Å². The molecule has 4 rings (SSSR count). The summed E-state index contributed by atoms with van der Waals surface area (Å²) < 4.78 is 43.0. The highest BCUT2D eigenvalue weighted by Gasteiger charge is 2.35. The van der Waals surface area contributed by atoms with Gasteiger partial charge in [-0.2, -0.15) is 0 Å². The molecule has 224 valence electrons. The third kappa shape index (κ3) is 7.18. The van der Waals surface area contributed by atoms with Crippen LogP contribution in [0, 0.1) is 26.6 Å². The van der Waals surface area contributed by atoms with E-state index in [0.29, 0.717) is 17.7 Å². The largest absolute Gasteiger partial charge is 0.352 e. The first-order chi connectivity index (χ1) is 20.0. The average Bonchev–Trinajstić information content (AvgIpc) is 3.47. The molecule has 42 heavy (non-hydrogen) atoms. The number of aryl methyl sites for hydroxylation is 2. The van der Waals surface area contributed by atoms with Crippen LogP contribution in [0.15, 0.2) is 71.6 Å². The van der Waals surface area contributed by atoms with Crippen molar-refractivity contribution in [1.29, 1.82) is 0 Å². The number of hydrogen-bond donors (Lipinski definition) is 1. The van der Waals surface area contributed by atoms with E-state index in [1.807, 2.05) is 33.8 Å². The van der Waals surface area contributed by atoms with Crippen molar-refractivity contribution < 1.29 is 22.4 Å². The number of halogens is 1. The van der Waals surface area contributed by atoms with E-state index >= 15 is 0 Å². The SMILES string of the molecule is CC[C@H](C(=O)NC1CCCC1)N(Cc1ccc(F)cc1)C(=O)CN(c1cccc(C)c1C)S(=O)(=O)c1ccc(C)cc1. The van der Waals surface area contributed by atoms with Crippen LogP contribution in [0.25, 0.3) is 0 Å². The molecule has 2 amide bonds. The number of carbonyl (C=O) groups excluding carboxylic acids is 2. The minimum absolute atomic E-state index is 0.0287. The Morgan fingerprint density at radius 3 is 2.21 bits per heavy atom. The van der Waals surface area contributed by atoms with Gasteiger partial charge in [-0.25, -0.2) is 12.8 Å². The fourth-order valence-corrected chi connectivity index (χ4v) is 6.90. The molecule has 0 saturated heterocycles. The Labute approximate surface area is 248 Å².